The number of aromatic nitrogens is 3. The average molecular weight is 393 g/mol. The molecular weight excluding hydrogens is 374 g/mol. The highest BCUT2D eigenvalue weighted by Gasteiger charge is 2.42. The Morgan fingerprint density at radius 3 is 2.57 bits per heavy atom. The van der Waals surface area contributed by atoms with Gasteiger partial charge in [-0.05, 0) is 42.1 Å². The molecule has 0 saturated heterocycles. The van der Waals surface area contributed by atoms with E-state index in [4.69, 9.17) is 0 Å². The molecule has 3 aromatic rings. The zero-order valence-electron chi connectivity index (χ0n) is 15.1. The van der Waals surface area contributed by atoms with E-state index in [1.54, 1.807) is 28.6 Å². The number of hydrogen-bond donors (Lipinski definition) is 1. The molecular formula is C20H19N5O2S. The van der Waals surface area contributed by atoms with Crippen LogP contribution in [0.3, 0.4) is 0 Å². The third-order valence-corrected chi connectivity index (χ3v) is 5.06. The third kappa shape index (κ3) is 4.07. The van der Waals surface area contributed by atoms with Gasteiger partial charge in [0.25, 0.3) is 5.91 Å². The first kappa shape index (κ1) is 18.2. The Hall–Kier alpha value is -3.13. The standard InChI is InChI=1S/C20H19N5O2S/c26-19(22-12-14-6-2-1-3-7-14)18(16-8-4-5-11-21-16)25(15-9-10-15)20(27)17-13-28-24-23-17/h1-8,11,13,15,18H,9-10,12H2,(H,22,26)/t18-/m0/s1. The van der Waals surface area contributed by atoms with Gasteiger partial charge < -0.3 is 10.2 Å². The van der Waals surface area contributed by atoms with Crippen molar-refractivity contribution >= 4 is 23.3 Å². The molecule has 2 heterocycles. The normalized spacial score (nSPS) is 14.3. The topological polar surface area (TPSA) is 88.1 Å². The van der Waals surface area contributed by atoms with Crippen molar-refractivity contribution in [2.24, 2.45) is 0 Å². The van der Waals surface area contributed by atoms with Gasteiger partial charge in [0.05, 0.1) is 5.69 Å². The molecule has 1 atom stereocenters. The van der Waals surface area contributed by atoms with Gasteiger partial charge in [-0.3, -0.25) is 14.6 Å². The van der Waals surface area contributed by atoms with E-state index in [0.29, 0.717) is 12.2 Å². The van der Waals surface area contributed by atoms with Crippen LogP contribution in [0.25, 0.3) is 0 Å². The van der Waals surface area contributed by atoms with E-state index in [2.05, 4.69) is 19.9 Å². The molecule has 142 valence electrons. The van der Waals surface area contributed by atoms with Crippen LogP contribution in [0.4, 0.5) is 0 Å². The maximum atomic E-state index is 13.2. The van der Waals surface area contributed by atoms with Crippen molar-refractivity contribution in [3.8, 4) is 0 Å². The second-order valence-electron chi connectivity index (χ2n) is 6.59. The van der Waals surface area contributed by atoms with E-state index in [0.717, 1.165) is 29.9 Å². The van der Waals surface area contributed by atoms with Gasteiger partial charge in [-0.2, -0.15) is 0 Å². The van der Waals surface area contributed by atoms with Gasteiger partial charge in [0.15, 0.2) is 11.7 Å². The van der Waals surface area contributed by atoms with E-state index in [9.17, 15) is 9.59 Å². The summed E-state index contributed by atoms with van der Waals surface area (Å²) in [7, 11) is 0. The van der Waals surface area contributed by atoms with E-state index >= 15 is 0 Å². The third-order valence-electron chi connectivity index (χ3n) is 4.56. The molecule has 1 aliphatic carbocycles. The summed E-state index contributed by atoms with van der Waals surface area (Å²) >= 11 is 1.12. The molecule has 1 N–H and O–H groups in total. The number of amides is 2. The summed E-state index contributed by atoms with van der Waals surface area (Å²) in [6.45, 7) is 0.383. The summed E-state index contributed by atoms with van der Waals surface area (Å²) in [6, 6.07) is 14.2. The largest absolute Gasteiger partial charge is 0.350 e. The summed E-state index contributed by atoms with van der Waals surface area (Å²) in [6.07, 6.45) is 3.35. The molecule has 0 bridgehead atoms. The van der Waals surface area contributed by atoms with Gasteiger partial charge in [-0.15, -0.1) is 5.10 Å². The molecule has 1 aromatic carbocycles. The molecule has 2 amide bonds. The van der Waals surface area contributed by atoms with Crippen LogP contribution < -0.4 is 5.32 Å². The Balaban J connectivity index is 1.62. The molecule has 7 nitrogen and oxygen atoms in total. The lowest BCUT2D eigenvalue weighted by Gasteiger charge is -2.30. The van der Waals surface area contributed by atoms with Crippen LogP contribution in [0.15, 0.2) is 60.1 Å². The summed E-state index contributed by atoms with van der Waals surface area (Å²) < 4.78 is 3.79. The number of hydrogen-bond acceptors (Lipinski definition) is 6. The van der Waals surface area contributed by atoms with Crippen molar-refractivity contribution in [3.63, 3.8) is 0 Å². The Bertz CT molecular complexity index is 930. The maximum absolute atomic E-state index is 13.2. The molecule has 0 radical (unpaired) electrons. The molecule has 4 rings (SSSR count). The first-order valence-electron chi connectivity index (χ1n) is 9.06. The molecule has 1 fully saturated rings. The SMILES string of the molecule is O=C(NCc1ccccc1)[C@H](c1ccccn1)N(C(=O)c1csnn1)C1CC1. The van der Waals surface area contributed by atoms with Gasteiger partial charge in [0, 0.05) is 24.2 Å². The smallest absolute Gasteiger partial charge is 0.276 e. The van der Waals surface area contributed by atoms with Crippen LogP contribution in [0.5, 0.6) is 0 Å². The quantitative estimate of drug-likeness (QED) is 0.667. The zero-order chi connectivity index (χ0) is 19.3. The maximum Gasteiger partial charge on any atom is 0.276 e. The molecule has 0 unspecified atom stereocenters. The predicted molar refractivity (Wildman–Crippen MR) is 104 cm³/mol. The van der Waals surface area contributed by atoms with Crippen LogP contribution in [0.2, 0.25) is 0 Å². The van der Waals surface area contributed by atoms with Crippen LogP contribution in [0.1, 0.15) is 40.6 Å². The fraction of sp³-hybridized carbons (Fsp3) is 0.250. The monoisotopic (exact) mass is 393 g/mol. The Labute approximate surface area is 166 Å². The lowest BCUT2D eigenvalue weighted by molar-refractivity contribution is -0.126. The van der Waals surface area contributed by atoms with Crippen molar-refractivity contribution in [1.29, 1.82) is 0 Å². The molecule has 1 aliphatic rings. The highest BCUT2D eigenvalue weighted by Crippen LogP contribution is 2.35. The van der Waals surface area contributed by atoms with Gasteiger partial charge in [0.1, 0.15) is 0 Å². The number of nitrogens with one attached hydrogen (secondary N) is 1. The van der Waals surface area contributed by atoms with Crippen LogP contribution >= 0.6 is 11.5 Å². The molecule has 1 saturated carbocycles. The van der Waals surface area contributed by atoms with Crippen LogP contribution in [0, 0.1) is 0 Å². The molecule has 8 heteroatoms. The molecule has 0 spiro atoms. The number of rotatable bonds is 7. The van der Waals surface area contributed by atoms with Crippen molar-refractivity contribution < 1.29 is 9.59 Å². The van der Waals surface area contributed by atoms with Gasteiger partial charge >= 0.3 is 0 Å². The average Bonchev–Trinajstić information content (AvgIpc) is 3.43. The van der Waals surface area contributed by atoms with E-state index in [1.807, 2.05) is 36.4 Å². The fourth-order valence-corrected chi connectivity index (χ4v) is 3.49. The number of carbonyl (C=O) groups is 2. The summed E-state index contributed by atoms with van der Waals surface area (Å²) in [4.78, 5) is 32.3. The zero-order valence-corrected chi connectivity index (χ0v) is 15.9. The fourth-order valence-electron chi connectivity index (χ4n) is 3.06. The summed E-state index contributed by atoms with van der Waals surface area (Å²) in [5.74, 6) is -0.548. The second-order valence-corrected chi connectivity index (χ2v) is 7.20. The van der Waals surface area contributed by atoms with Crippen molar-refractivity contribution in [2.75, 3.05) is 0 Å². The van der Waals surface area contributed by atoms with Crippen molar-refractivity contribution in [1.82, 2.24) is 24.8 Å². The minimum Gasteiger partial charge on any atom is -0.350 e. The van der Waals surface area contributed by atoms with Crippen LogP contribution in [-0.2, 0) is 11.3 Å². The number of pyridine rings is 1. The summed E-state index contributed by atoms with van der Waals surface area (Å²) in [5, 5.41) is 8.46. The number of nitrogens with zero attached hydrogens (tertiary/aromatic N) is 4. The first-order valence-corrected chi connectivity index (χ1v) is 9.90. The highest BCUT2D eigenvalue weighted by atomic mass is 32.1. The van der Waals surface area contributed by atoms with Crippen LogP contribution in [-0.4, -0.2) is 37.3 Å². The van der Waals surface area contributed by atoms with Crippen molar-refractivity contribution in [3.05, 3.63) is 77.1 Å². The second kappa shape index (κ2) is 8.26. The predicted octanol–water partition coefficient (Wildman–Crippen LogP) is 2.60. The molecule has 0 aliphatic heterocycles. The lowest BCUT2D eigenvalue weighted by atomic mass is 10.1. The van der Waals surface area contributed by atoms with Gasteiger partial charge in [-0.1, -0.05) is 40.9 Å². The Kier molecular flexibility index (Phi) is 5.38. The van der Waals surface area contributed by atoms with Crippen molar-refractivity contribution in [2.45, 2.75) is 31.5 Å². The lowest BCUT2D eigenvalue weighted by Crippen LogP contribution is -2.45. The van der Waals surface area contributed by atoms with Gasteiger partial charge in [0.2, 0.25) is 5.91 Å². The summed E-state index contributed by atoms with van der Waals surface area (Å²) in [5.41, 5.74) is 1.79. The number of carbonyl (C=O) groups excluding carboxylic acids is 2. The van der Waals surface area contributed by atoms with E-state index in [1.165, 1.54) is 0 Å². The minimum atomic E-state index is -0.813. The minimum absolute atomic E-state index is 0.00341. The van der Waals surface area contributed by atoms with Gasteiger partial charge in [-0.25, -0.2) is 0 Å². The molecule has 2 aromatic heterocycles. The Morgan fingerprint density at radius 2 is 1.93 bits per heavy atom. The van der Waals surface area contributed by atoms with E-state index in [-0.39, 0.29) is 23.6 Å². The first-order chi connectivity index (χ1) is 13.7. The highest BCUT2D eigenvalue weighted by molar-refractivity contribution is 7.03. The van der Waals surface area contributed by atoms with E-state index < -0.39 is 6.04 Å². The molecule has 28 heavy (non-hydrogen) atoms. The number of benzene rings is 1. The Morgan fingerprint density at radius 1 is 1.14 bits per heavy atom.